The summed E-state index contributed by atoms with van der Waals surface area (Å²) in [5.74, 6) is -0.0601. The Morgan fingerprint density at radius 2 is 1.71 bits per heavy atom. The van der Waals surface area contributed by atoms with Crippen molar-refractivity contribution >= 4 is 11.9 Å². The lowest BCUT2D eigenvalue weighted by Gasteiger charge is -2.34. The van der Waals surface area contributed by atoms with E-state index in [0.29, 0.717) is 43.9 Å². The van der Waals surface area contributed by atoms with Crippen molar-refractivity contribution in [1.29, 1.82) is 5.26 Å². The highest BCUT2D eigenvalue weighted by Crippen LogP contribution is 2.10. The van der Waals surface area contributed by atoms with E-state index in [4.69, 9.17) is 5.26 Å². The number of carbonyl (C=O) groups excluding carboxylic acids is 2. The Balaban J connectivity index is 1.93. The van der Waals surface area contributed by atoms with E-state index in [9.17, 15) is 9.59 Å². The number of rotatable bonds is 2. The minimum Gasteiger partial charge on any atom is -0.338 e. The number of nitrogens with one attached hydrogen (secondary N) is 1. The molecule has 0 aromatic heterocycles. The van der Waals surface area contributed by atoms with Crippen molar-refractivity contribution in [2.75, 3.05) is 32.7 Å². The summed E-state index contributed by atoms with van der Waals surface area (Å²) in [6.45, 7) is 4.60. The highest BCUT2D eigenvalue weighted by Gasteiger charge is 2.24. The summed E-state index contributed by atoms with van der Waals surface area (Å²) in [7, 11) is 0. The van der Waals surface area contributed by atoms with E-state index < -0.39 is 0 Å². The van der Waals surface area contributed by atoms with Gasteiger partial charge in [-0.15, -0.1) is 0 Å². The lowest BCUT2D eigenvalue weighted by Crippen LogP contribution is -2.53. The summed E-state index contributed by atoms with van der Waals surface area (Å²) < 4.78 is 0. The van der Waals surface area contributed by atoms with Crippen molar-refractivity contribution < 1.29 is 9.59 Å². The van der Waals surface area contributed by atoms with E-state index in [2.05, 4.69) is 5.32 Å². The smallest absolute Gasteiger partial charge is 0.317 e. The lowest BCUT2D eigenvalue weighted by molar-refractivity contribution is 0.0665. The van der Waals surface area contributed by atoms with Crippen LogP contribution in [0.4, 0.5) is 4.79 Å². The van der Waals surface area contributed by atoms with E-state index in [1.165, 1.54) is 0 Å². The maximum Gasteiger partial charge on any atom is 0.317 e. The molecule has 110 valence electrons. The van der Waals surface area contributed by atoms with Gasteiger partial charge in [0, 0.05) is 38.3 Å². The average Bonchev–Trinajstić information content (AvgIpc) is 2.54. The monoisotopic (exact) mass is 286 g/mol. The van der Waals surface area contributed by atoms with Crippen molar-refractivity contribution in [3.8, 4) is 6.07 Å². The molecule has 21 heavy (non-hydrogen) atoms. The number of hydrogen-bond donors (Lipinski definition) is 1. The fraction of sp³-hybridized carbons (Fsp3) is 0.400. The van der Waals surface area contributed by atoms with E-state index in [0.717, 1.165) is 0 Å². The first-order chi connectivity index (χ1) is 10.2. The van der Waals surface area contributed by atoms with Gasteiger partial charge in [-0.2, -0.15) is 5.26 Å². The Bertz CT molecular complexity index is 554. The molecule has 0 spiro atoms. The van der Waals surface area contributed by atoms with Crippen molar-refractivity contribution in [2.24, 2.45) is 0 Å². The Morgan fingerprint density at radius 3 is 2.24 bits per heavy atom. The second kappa shape index (κ2) is 6.75. The summed E-state index contributed by atoms with van der Waals surface area (Å²) in [6, 6.07) is 8.55. The molecule has 1 saturated heterocycles. The number of carbonyl (C=O) groups is 2. The van der Waals surface area contributed by atoms with Gasteiger partial charge in [0.15, 0.2) is 0 Å². The van der Waals surface area contributed by atoms with Crippen molar-refractivity contribution in [3.63, 3.8) is 0 Å². The molecule has 0 atom stereocenters. The zero-order valence-corrected chi connectivity index (χ0v) is 12.0. The molecule has 1 aromatic rings. The largest absolute Gasteiger partial charge is 0.338 e. The number of urea groups is 1. The van der Waals surface area contributed by atoms with Crippen molar-refractivity contribution in [3.05, 3.63) is 35.4 Å². The van der Waals surface area contributed by atoms with Gasteiger partial charge in [-0.3, -0.25) is 4.79 Å². The minimum atomic E-state index is -0.0806. The Morgan fingerprint density at radius 1 is 1.14 bits per heavy atom. The Labute approximate surface area is 123 Å². The quantitative estimate of drug-likeness (QED) is 0.882. The first-order valence-electron chi connectivity index (χ1n) is 6.98. The number of piperazine rings is 1. The SMILES string of the molecule is CCNC(=O)N1CCN(C(=O)c2ccc(C#N)cc2)CC1. The maximum absolute atomic E-state index is 12.3. The van der Waals surface area contributed by atoms with E-state index >= 15 is 0 Å². The van der Waals surface area contributed by atoms with Crippen LogP contribution < -0.4 is 5.32 Å². The molecule has 1 fully saturated rings. The normalized spacial score (nSPS) is 14.5. The second-order valence-corrected chi connectivity index (χ2v) is 4.80. The Hall–Kier alpha value is -2.55. The highest BCUT2D eigenvalue weighted by atomic mass is 16.2. The van der Waals surface area contributed by atoms with Crippen molar-refractivity contribution in [1.82, 2.24) is 15.1 Å². The van der Waals surface area contributed by atoms with Gasteiger partial charge in [0.2, 0.25) is 0 Å². The van der Waals surface area contributed by atoms with Crippen LogP contribution in [-0.4, -0.2) is 54.5 Å². The number of benzene rings is 1. The molecule has 3 amide bonds. The summed E-state index contributed by atoms with van der Waals surface area (Å²) in [4.78, 5) is 27.5. The van der Waals surface area contributed by atoms with Gasteiger partial charge in [-0.05, 0) is 31.2 Å². The number of nitrogens with zero attached hydrogens (tertiary/aromatic N) is 3. The Kier molecular flexibility index (Phi) is 4.77. The molecule has 6 nitrogen and oxygen atoms in total. The molecular formula is C15H18N4O2. The zero-order chi connectivity index (χ0) is 15.2. The van der Waals surface area contributed by atoms with Crippen LogP contribution in [0, 0.1) is 11.3 Å². The zero-order valence-electron chi connectivity index (χ0n) is 12.0. The van der Waals surface area contributed by atoms with Crippen molar-refractivity contribution in [2.45, 2.75) is 6.92 Å². The fourth-order valence-corrected chi connectivity index (χ4v) is 2.25. The highest BCUT2D eigenvalue weighted by molar-refractivity contribution is 5.94. The summed E-state index contributed by atoms with van der Waals surface area (Å²) in [5.41, 5.74) is 1.10. The molecule has 1 N–H and O–H groups in total. The van der Waals surface area contributed by atoms with Gasteiger partial charge < -0.3 is 15.1 Å². The van der Waals surface area contributed by atoms with Gasteiger partial charge in [0.05, 0.1) is 11.6 Å². The van der Waals surface area contributed by atoms with Gasteiger partial charge in [-0.25, -0.2) is 4.79 Å². The van der Waals surface area contributed by atoms with Crippen LogP contribution in [0.5, 0.6) is 0 Å². The third kappa shape index (κ3) is 3.51. The third-order valence-electron chi connectivity index (χ3n) is 3.44. The molecule has 0 aliphatic carbocycles. The standard InChI is InChI=1S/C15H18N4O2/c1-2-17-15(21)19-9-7-18(8-10-19)14(20)13-5-3-12(11-16)4-6-13/h3-6H,2,7-10H2,1H3,(H,17,21). The molecule has 1 aliphatic heterocycles. The lowest BCUT2D eigenvalue weighted by atomic mass is 10.1. The van der Waals surface area contributed by atoms with Gasteiger partial charge in [-0.1, -0.05) is 0 Å². The topological polar surface area (TPSA) is 76.4 Å². The number of amides is 3. The third-order valence-corrected chi connectivity index (χ3v) is 3.44. The van der Waals surface area contributed by atoms with Gasteiger partial charge in [0.25, 0.3) is 5.91 Å². The minimum absolute atomic E-state index is 0.0601. The first kappa shape index (κ1) is 14.9. The average molecular weight is 286 g/mol. The first-order valence-corrected chi connectivity index (χ1v) is 6.98. The van der Waals surface area contributed by atoms with E-state index in [1.54, 1.807) is 34.1 Å². The van der Waals surface area contributed by atoms with Crippen LogP contribution in [0.1, 0.15) is 22.8 Å². The molecule has 2 rings (SSSR count). The molecule has 6 heteroatoms. The maximum atomic E-state index is 12.3. The molecule has 0 unspecified atom stereocenters. The molecule has 1 aliphatic rings. The molecule has 0 bridgehead atoms. The second-order valence-electron chi connectivity index (χ2n) is 4.80. The predicted molar refractivity (Wildman–Crippen MR) is 77.7 cm³/mol. The molecule has 0 radical (unpaired) electrons. The molecule has 0 saturated carbocycles. The van der Waals surface area contributed by atoms with Gasteiger partial charge in [0.1, 0.15) is 0 Å². The van der Waals surface area contributed by atoms with Crippen LogP contribution in [-0.2, 0) is 0 Å². The van der Waals surface area contributed by atoms with Crippen LogP contribution in [0.3, 0.4) is 0 Å². The summed E-state index contributed by atoms with van der Waals surface area (Å²) in [5, 5.41) is 11.5. The van der Waals surface area contributed by atoms with E-state index in [-0.39, 0.29) is 11.9 Å². The van der Waals surface area contributed by atoms with E-state index in [1.807, 2.05) is 13.0 Å². The molecule has 1 aromatic carbocycles. The molecule has 1 heterocycles. The number of nitriles is 1. The van der Waals surface area contributed by atoms with Crippen LogP contribution in [0.25, 0.3) is 0 Å². The van der Waals surface area contributed by atoms with Crippen LogP contribution in [0.15, 0.2) is 24.3 Å². The summed E-state index contributed by atoms with van der Waals surface area (Å²) >= 11 is 0. The summed E-state index contributed by atoms with van der Waals surface area (Å²) in [6.07, 6.45) is 0. The van der Waals surface area contributed by atoms with Crippen LogP contribution in [0.2, 0.25) is 0 Å². The predicted octanol–water partition coefficient (Wildman–Crippen LogP) is 1.05. The fourth-order valence-electron chi connectivity index (χ4n) is 2.25. The van der Waals surface area contributed by atoms with Gasteiger partial charge >= 0.3 is 6.03 Å². The number of hydrogen-bond acceptors (Lipinski definition) is 3. The van der Waals surface area contributed by atoms with Crippen LogP contribution >= 0.6 is 0 Å². The molecular weight excluding hydrogens is 268 g/mol.